The molecule has 0 heterocycles. The van der Waals surface area contributed by atoms with Crippen LogP contribution in [0.15, 0.2) is 18.2 Å². The number of benzene rings is 1. The van der Waals surface area contributed by atoms with Crippen molar-refractivity contribution in [1.82, 2.24) is 0 Å². The highest BCUT2D eigenvalue weighted by molar-refractivity contribution is 5.71. The van der Waals surface area contributed by atoms with Crippen LogP contribution in [-0.2, 0) is 16.1 Å². The smallest absolute Gasteiger partial charge is 0.309 e. The number of aliphatic carboxylic acids is 1. The van der Waals surface area contributed by atoms with Crippen molar-refractivity contribution < 1.29 is 34.7 Å². The van der Waals surface area contributed by atoms with Crippen LogP contribution in [0.3, 0.4) is 0 Å². The number of aliphatic hydroxyl groups excluding tert-OH is 3. The molecular formula is C21H33NO7. The van der Waals surface area contributed by atoms with E-state index in [-0.39, 0.29) is 18.1 Å². The fourth-order valence-corrected chi connectivity index (χ4v) is 3.25. The number of hydrogen-bond donors (Lipinski definition) is 5. The first kappa shape index (κ1) is 23.4. The van der Waals surface area contributed by atoms with Gasteiger partial charge in [0, 0.05) is 12.0 Å². The molecule has 1 aliphatic carbocycles. The van der Waals surface area contributed by atoms with E-state index in [2.05, 4.69) is 5.32 Å². The highest BCUT2D eigenvalue weighted by atomic mass is 16.5. The molecular weight excluding hydrogens is 378 g/mol. The Morgan fingerprint density at radius 1 is 1.17 bits per heavy atom. The maximum Gasteiger partial charge on any atom is 0.309 e. The lowest BCUT2D eigenvalue weighted by atomic mass is 9.80. The Balaban J connectivity index is 2.28. The van der Waals surface area contributed by atoms with Gasteiger partial charge in [0.25, 0.3) is 0 Å². The third-order valence-electron chi connectivity index (χ3n) is 4.71. The topological polar surface area (TPSA) is 128 Å². The van der Waals surface area contributed by atoms with E-state index in [1.807, 2.05) is 46.8 Å². The molecule has 1 aromatic carbocycles. The van der Waals surface area contributed by atoms with E-state index < -0.39 is 36.3 Å². The molecule has 1 saturated carbocycles. The van der Waals surface area contributed by atoms with Crippen LogP contribution in [0.4, 0.5) is 5.69 Å². The molecule has 0 aromatic heterocycles. The number of anilines is 1. The Labute approximate surface area is 171 Å². The average molecular weight is 411 g/mol. The molecule has 5 atom stereocenters. The van der Waals surface area contributed by atoms with Gasteiger partial charge >= 0.3 is 5.97 Å². The summed E-state index contributed by atoms with van der Waals surface area (Å²) in [5.74, 6) is -2.05. The predicted octanol–water partition coefficient (Wildman–Crippen LogP) is 1.76. The molecule has 0 bridgehead atoms. The number of aliphatic hydroxyl groups is 3. The van der Waals surface area contributed by atoms with Crippen LogP contribution in [0.25, 0.3) is 0 Å². The van der Waals surface area contributed by atoms with Crippen LogP contribution in [0.1, 0.15) is 46.6 Å². The van der Waals surface area contributed by atoms with Gasteiger partial charge < -0.3 is 35.2 Å². The zero-order chi connectivity index (χ0) is 21.9. The van der Waals surface area contributed by atoms with Gasteiger partial charge in [0.1, 0.15) is 24.1 Å². The highest BCUT2D eigenvalue weighted by Gasteiger charge is 2.47. The number of hydrogen-bond acceptors (Lipinski definition) is 7. The van der Waals surface area contributed by atoms with Gasteiger partial charge in [-0.1, -0.05) is 6.07 Å². The minimum absolute atomic E-state index is 0.0863. The molecule has 0 amide bonds. The Kier molecular flexibility index (Phi) is 7.50. The summed E-state index contributed by atoms with van der Waals surface area (Å²) in [6.07, 6.45) is -5.58. The lowest BCUT2D eigenvalue weighted by Gasteiger charge is -2.39. The number of carbonyl (C=O) groups is 1. The number of ether oxygens (including phenoxy) is 2. The Bertz CT molecular complexity index is 701. The van der Waals surface area contributed by atoms with E-state index in [4.69, 9.17) is 9.47 Å². The van der Waals surface area contributed by atoms with Gasteiger partial charge in [0.2, 0.25) is 0 Å². The molecule has 0 radical (unpaired) electrons. The molecule has 8 heteroatoms. The molecule has 2 rings (SSSR count). The van der Waals surface area contributed by atoms with Crippen molar-refractivity contribution in [2.24, 2.45) is 5.92 Å². The van der Waals surface area contributed by atoms with Crippen molar-refractivity contribution >= 4 is 11.7 Å². The van der Waals surface area contributed by atoms with E-state index in [1.165, 1.54) is 0 Å². The van der Waals surface area contributed by atoms with Crippen LogP contribution in [0.2, 0.25) is 0 Å². The summed E-state index contributed by atoms with van der Waals surface area (Å²) >= 11 is 0. The molecule has 5 N–H and O–H groups in total. The molecule has 29 heavy (non-hydrogen) atoms. The highest BCUT2D eigenvalue weighted by Crippen LogP contribution is 2.34. The van der Waals surface area contributed by atoms with Gasteiger partial charge in [-0.15, -0.1) is 0 Å². The maximum absolute atomic E-state index is 11.4. The van der Waals surface area contributed by atoms with Gasteiger partial charge in [0.15, 0.2) is 0 Å². The number of carboxylic acids is 1. The minimum atomic E-state index is -1.60. The molecule has 1 aromatic rings. The van der Waals surface area contributed by atoms with E-state index in [0.717, 1.165) is 5.56 Å². The molecule has 0 spiro atoms. The standard InChI is InChI=1S/C21H33NO7/c1-11(2)28-10-12-6-7-15(14(8-12)22-21(3,4)5)29-16-9-13(20(26)27)17(23)19(25)18(16)24/h6-8,11,13,16-19,22-25H,9-10H2,1-5H3,(H,26,27)/t13-,16+,17+,18-,19-/m0/s1. The zero-order valence-corrected chi connectivity index (χ0v) is 17.6. The monoisotopic (exact) mass is 411 g/mol. The third kappa shape index (κ3) is 6.30. The fraction of sp³-hybridized carbons (Fsp3) is 0.667. The maximum atomic E-state index is 11.4. The summed E-state index contributed by atoms with van der Waals surface area (Å²) in [7, 11) is 0. The summed E-state index contributed by atoms with van der Waals surface area (Å²) in [4.78, 5) is 11.4. The summed E-state index contributed by atoms with van der Waals surface area (Å²) in [6.45, 7) is 10.3. The van der Waals surface area contributed by atoms with Crippen molar-refractivity contribution in [3.05, 3.63) is 23.8 Å². The molecule has 1 aliphatic rings. The molecule has 0 aliphatic heterocycles. The average Bonchev–Trinajstić information content (AvgIpc) is 2.60. The van der Waals surface area contributed by atoms with Crippen molar-refractivity contribution in [2.75, 3.05) is 5.32 Å². The van der Waals surface area contributed by atoms with Crippen molar-refractivity contribution in [2.45, 2.75) is 83.7 Å². The number of nitrogens with one attached hydrogen (secondary N) is 1. The Morgan fingerprint density at radius 3 is 2.38 bits per heavy atom. The molecule has 8 nitrogen and oxygen atoms in total. The van der Waals surface area contributed by atoms with Crippen molar-refractivity contribution in [1.29, 1.82) is 0 Å². The predicted molar refractivity (Wildman–Crippen MR) is 108 cm³/mol. The van der Waals surface area contributed by atoms with Crippen molar-refractivity contribution in [3.63, 3.8) is 0 Å². The lowest BCUT2D eigenvalue weighted by molar-refractivity contribution is -0.174. The fourth-order valence-electron chi connectivity index (χ4n) is 3.25. The minimum Gasteiger partial charge on any atom is -0.485 e. The SMILES string of the molecule is CC(C)OCc1ccc(O[C@@H]2C[C@H](C(=O)O)[C@@H](O)[C@H](O)[C@H]2O)c(NC(C)(C)C)c1. The largest absolute Gasteiger partial charge is 0.485 e. The van der Waals surface area contributed by atoms with Crippen molar-refractivity contribution in [3.8, 4) is 5.75 Å². The van der Waals surface area contributed by atoms with E-state index >= 15 is 0 Å². The van der Waals surface area contributed by atoms with Crippen LogP contribution in [0.5, 0.6) is 5.75 Å². The first-order valence-corrected chi connectivity index (χ1v) is 9.85. The van der Waals surface area contributed by atoms with Crippen LogP contribution in [0, 0.1) is 5.92 Å². The van der Waals surface area contributed by atoms with Gasteiger partial charge in [0.05, 0.1) is 30.4 Å². The molecule has 0 saturated heterocycles. The first-order valence-electron chi connectivity index (χ1n) is 9.85. The molecule has 1 fully saturated rings. The summed E-state index contributed by atoms with van der Waals surface area (Å²) in [5, 5.41) is 43.0. The second kappa shape index (κ2) is 9.30. The van der Waals surface area contributed by atoms with Crippen LogP contribution < -0.4 is 10.1 Å². The van der Waals surface area contributed by atoms with E-state index in [1.54, 1.807) is 6.07 Å². The van der Waals surface area contributed by atoms with Gasteiger partial charge in [-0.3, -0.25) is 4.79 Å². The van der Waals surface area contributed by atoms with Crippen LogP contribution in [-0.4, -0.2) is 62.5 Å². The summed E-state index contributed by atoms with van der Waals surface area (Å²) in [5.41, 5.74) is 1.32. The number of rotatable bonds is 7. The summed E-state index contributed by atoms with van der Waals surface area (Å²) < 4.78 is 11.6. The molecule has 0 unspecified atom stereocenters. The van der Waals surface area contributed by atoms with Crippen LogP contribution >= 0.6 is 0 Å². The van der Waals surface area contributed by atoms with Gasteiger partial charge in [-0.25, -0.2) is 0 Å². The normalized spacial score (nSPS) is 27.7. The second-order valence-electron chi connectivity index (χ2n) is 8.87. The second-order valence-corrected chi connectivity index (χ2v) is 8.87. The number of carboxylic acid groups (broad SMARTS) is 1. The molecule has 164 valence electrons. The zero-order valence-electron chi connectivity index (χ0n) is 17.6. The quantitative estimate of drug-likeness (QED) is 0.459. The first-order chi connectivity index (χ1) is 13.4. The van der Waals surface area contributed by atoms with Gasteiger partial charge in [-0.05, 0) is 52.3 Å². The van der Waals surface area contributed by atoms with E-state index in [0.29, 0.717) is 18.0 Å². The van der Waals surface area contributed by atoms with E-state index in [9.17, 15) is 25.2 Å². The van der Waals surface area contributed by atoms with Gasteiger partial charge in [-0.2, -0.15) is 0 Å². The third-order valence-corrected chi connectivity index (χ3v) is 4.71. The summed E-state index contributed by atoms with van der Waals surface area (Å²) in [6, 6.07) is 5.45. The Morgan fingerprint density at radius 2 is 1.83 bits per heavy atom. The lowest BCUT2D eigenvalue weighted by Crippen LogP contribution is -2.57. The Hall–Kier alpha value is -1.87.